The fraction of sp³-hybridized carbons (Fsp3) is 0.308. The molecule has 17 heavy (non-hydrogen) atoms. The second-order valence-corrected chi connectivity index (χ2v) is 4.50. The van der Waals surface area contributed by atoms with Crippen molar-refractivity contribution in [2.24, 2.45) is 0 Å². The zero-order valence-electron chi connectivity index (χ0n) is 9.50. The average Bonchev–Trinajstić information content (AvgIpc) is 2.82. The lowest BCUT2D eigenvalue weighted by Crippen LogP contribution is -2.24. The first kappa shape index (κ1) is 12.0. The van der Waals surface area contributed by atoms with Gasteiger partial charge in [-0.05, 0) is 37.8 Å². The van der Waals surface area contributed by atoms with E-state index in [-0.39, 0.29) is 6.03 Å². The highest BCUT2D eigenvalue weighted by Gasteiger charge is 2.07. The second-order valence-electron chi connectivity index (χ2n) is 4.09. The van der Waals surface area contributed by atoms with E-state index in [4.69, 9.17) is 11.6 Å². The summed E-state index contributed by atoms with van der Waals surface area (Å²) in [6.07, 6.45) is 6.43. The summed E-state index contributed by atoms with van der Waals surface area (Å²) < 4.78 is 0. The van der Waals surface area contributed by atoms with Crippen LogP contribution < -0.4 is 10.6 Å². The molecule has 3 nitrogen and oxygen atoms in total. The van der Waals surface area contributed by atoms with Gasteiger partial charge < -0.3 is 10.6 Å². The van der Waals surface area contributed by atoms with Crippen molar-refractivity contribution in [1.82, 2.24) is 5.32 Å². The molecule has 0 bridgehead atoms. The Bertz CT molecular complexity index is 435. The molecule has 2 rings (SSSR count). The van der Waals surface area contributed by atoms with E-state index in [0.717, 1.165) is 12.8 Å². The number of anilines is 1. The SMILES string of the molecule is O=C(NC=C1CCCC1)Nc1ccccc1Cl. The van der Waals surface area contributed by atoms with Gasteiger partial charge in [-0.15, -0.1) is 0 Å². The molecule has 0 saturated heterocycles. The second kappa shape index (κ2) is 5.73. The monoisotopic (exact) mass is 250 g/mol. The molecule has 1 saturated carbocycles. The molecule has 1 aromatic rings. The van der Waals surface area contributed by atoms with E-state index in [9.17, 15) is 4.79 Å². The Hall–Kier alpha value is -1.48. The molecule has 4 heteroatoms. The van der Waals surface area contributed by atoms with Gasteiger partial charge in [-0.1, -0.05) is 29.3 Å². The molecule has 1 aliphatic rings. The summed E-state index contributed by atoms with van der Waals surface area (Å²) in [5.74, 6) is 0. The predicted molar refractivity (Wildman–Crippen MR) is 70.2 cm³/mol. The van der Waals surface area contributed by atoms with Gasteiger partial charge >= 0.3 is 6.03 Å². The average molecular weight is 251 g/mol. The normalized spacial score (nSPS) is 14.5. The van der Waals surface area contributed by atoms with Crippen molar-refractivity contribution in [3.63, 3.8) is 0 Å². The molecule has 2 N–H and O–H groups in total. The predicted octanol–water partition coefficient (Wildman–Crippen LogP) is 3.92. The Morgan fingerprint density at radius 3 is 2.65 bits per heavy atom. The van der Waals surface area contributed by atoms with Crippen LogP contribution in [0.1, 0.15) is 25.7 Å². The van der Waals surface area contributed by atoms with Crippen molar-refractivity contribution in [2.75, 3.05) is 5.32 Å². The van der Waals surface area contributed by atoms with Gasteiger partial charge in [-0.3, -0.25) is 0 Å². The minimum Gasteiger partial charge on any atom is -0.314 e. The first-order valence-corrected chi connectivity index (χ1v) is 6.13. The molecule has 0 atom stereocenters. The maximum absolute atomic E-state index is 11.6. The van der Waals surface area contributed by atoms with Crippen LogP contribution in [0.5, 0.6) is 0 Å². The van der Waals surface area contributed by atoms with Gasteiger partial charge in [0.1, 0.15) is 0 Å². The van der Waals surface area contributed by atoms with Crippen LogP contribution in [-0.4, -0.2) is 6.03 Å². The summed E-state index contributed by atoms with van der Waals surface area (Å²) in [4.78, 5) is 11.6. The van der Waals surface area contributed by atoms with Crippen LogP contribution in [0.4, 0.5) is 10.5 Å². The molecule has 0 aromatic heterocycles. The van der Waals surface area contributed by atoms with Crippen LogP contribution in [0, 0.1) is 0 Å². The zero-order chi connectivity index (χ0) is 12.1. The van der Waals surface area contributed by atoms with E-state index < -0.39 is 0 Å². The lowest BCUT2D eigenvalue weighted by atomic mass is 10.2. The highest BCUT2D eigenvalue weighted by atomic mass is 35.5. The molecule has 1 aromatic carbocycles. The van der Waals surface area contributed by atoms with E-state index in [0.29, 0.717) is 10.7 Å². The van der Waals surface area contributed by atoms with E-state index in [1.54, 1.807) is 18.3 Å². The van der Waals surface area contributed by atoms with Crippen molar-refractivity contribution in [2.45, 2.75) is 25.7 Å². The minimum absolute atomic E-state index is 0.252. The molecule has 0 spiro atoms. The Labute approximate surface area is 106 Å². The van der Waals surface area contributed by atoms with E-state index in [1.807, 2.05) is 12.1 Å². The summed E-state index contributed by atoms with van der Waals surface area (Å²) in [7, 11) is 0. The number of urea groups is 1. The first-order chi connectivity index (χ1) is 8.25. The molecular formula is C13H15ClN2O. The minimum atomic E-state index is -0.252. The zero-order valence-corrected chi connectivity index (χ0v) is 10.3. The van der Waals surface area contributed by atoms with Gasteiger partial charge in [-0.2, -0.15) is 0 Å². The van der Waals surface area contributed by atoms with Crippen LogP contribution >= 0.6 is 11.6 Å². The maximum atomic E-state index is 11.6. The van der Waals surface area contributed by atoms with Crippen LogP contribution in [0.15, 0.2) is 36.0 Å². The van der Waals surface area contributed by atoms with Crippen molar-refractivity contribution < 1.29 is 4.79 Å². The molecule has 0 heterocycles. The number of carbonyl (C=O) groups is 1. The van der Waals surface area contributed by atoms with Gasteiger partial charge in [0.15, 0.2) is 0 Å². The summed E-state index contributed by atoms with van der Waals surface area (Å²) in [5, 5.41) is 5.98. The van der Waals surface area contributed by atoms with Crippen LogP contribution in [0.2, 0.25) is 5.02 Å². The Morgan fingerprint density at radius 2 is 1.94 bits per heavy atom. The fourth-order valence-electron chi connectivity index (χ4n) is 1.86. The van der Waals surface area contributed by atoms with Gasteiger partial charge in [0.2, 0.25) is 0 Å². The molecular weight excluding hydrogens is 236 g/mol. The Morgan fingerprint density at radius 1 is 1.24 bits per heavy atom. The largest absolute Gasteiger partial charge is 0.323 e. The van der Waals surface area contributed by atoms with Crippen molar-refractivity contribution >= 4 is 23.3 Å². The third kappa shape index (κ3) is 3.49. The third-order valence-corrected chi connectivity index (χ3v) is 3.10. The van der Waals surface area contributed by atoms with Crippen molar-refractivity contribution in [1.29, 1.82) is 0 Å². The third-order valence-electron chi connectivity index (χ3n) is 2.78. The number of halogens is 1. The first-order valence-electron chi connectivity index (χ1n) is 5.75. The smallest absolute Gasteiger partial charge is 0.314 e. The van der Waals surface area contributed by atoms with Gasteiger partial charge in [0.05, 0.1) is 10.7 Å². The Kier molecular flexibility index (Phi) is 4.04. The number of benzene rings is 1. The number of para-hydroxylation sites is 1. The summed E-state index contributed by atoms with van der Waals surface area (Å²) >= 11 is 5.94. The number of carbonyl (C=O) groups excluding carboxylic acids is 1. The van der Waals surface area contributed by atoms with Crippen LogP contribution in [0.25, 0.3) is 0 Å². The van der Waals surface area contributed by atoms with Gasteiger partial charge in [0.25, 0.3) is 0 Å². The summed E-state index contributed by atoms with van der Waals surface area (Å²) in [6.45, 7) is 0. The van der Waals surface area contributed by atoms with E-state index in [2.05, 4.69) is 10.6 Å². The molecule has 1 aliphatic carbocycles. The molecule has 0 aliphatic heterocycles. The van der Waals surface area contributed by atoms with E-state index in [1.165, 1.54) is 18.4 Å². The quantitative estimate of drug-likeness (QED) is 0.821. The fourth-order valence-corrected chi connectivity index (χ4v) is 2.05. The van der Waals surface area contributed by atoms with Crippen molar-refractivity contribution in [3.05, 3.63) is 41.1 Å². The van der Waals surface area contributed by atoms with Crippen molar-refractivity contribution in [3.8, 4) is 0 Å². The number of amides is 2. The highest BCUT2D eigenvalue weighted by molar-refractivity contribution is 6.33. The topological polar surface area (TPSA) is 41.1 Å². The maximum Gasteiger partial charge on any atom is 0.323 e. The number of rotatable bonds is 2. The van der Waals surface area contributed by atoms with Gasteiger partial charge in [-0.25, -0.2) is 4.79 Å². The molecule has 90 valence electrons. The van der Waals surface area contributed by atoms with Crippen LogP contribution in [0.3, 0.4) is 0 Å². The molecule has 1 fully saturated rings. The number of nitrogens with one attached hydrogen (secondary N) is 2. The number of hydrogen-bond donors (Lipinski definition) is 2. The van der Waals surface area contributed by atoms with Gasteiger partial charge in [0, 0.05) is 6.20 Å². The lowest BCUT2D eigenvalue weighted by Gasteiger charge is -2.06. The molecule has 2 amide bonds. The van der Waals surface area contributed by atoms with Crippen LogP contribution in [-0.2, 0) is 0 Å². The molecule has 0 unspecified atom stereocenters. The number of hydrogen-bond acceptors (Lipinski definition) is 1. The molecule has 0 radical (unpaired) electrons. The lowest BCUT2D eigenvalue weighted by molar-refractivity contribution is 0.255. The standard InChI is InChI=1S/C13H15ClN2O/c14-11-7-3-4-8-12(11)16-13(17)15-9-10-5-1-2-6-10/h3-4,7-9H,1-2,5-6H2,(H2,15,16,17). The Balaban J connectivity index is 1.89. The summed E-state index contributed by atoms with van der Waals surface area (Å²) in [5.41, 5.74) is 1.93. The number of allylic oxidation sites excluding steroid dienone is 1. The summed E-state index contributed by atoms with van der Waals surface area (Å²) in [6, 6.07) is 6.91. The highest BCUT2D eigenvalue weighted by Crippen LogP contribution is 2.23. The van der Waals surface area contributed by atoms with E-state index >= 15 is 0 Å².